The van der Waals surface area contributed by atoms with Gasteiger partial charge in [-0.2, -0.15) is 11.8 Å². The molecule has 15 heavy (non-hydrogen) atoms. The molecule has 1 rings (SSSR count). The van der Waals surface area contributed by atoms with Crippen molar-refractivity contribution in [2.45, 2.75) is 38.1 Å². The molecule has 1 aliphatic rings. The first-order valence-corrected chi connectivity index (χ1v) is 7.15. The van der Waals surface area contributed by atoms with Crippen LogP contribution in [0, 0.1) is 5.92 Å². The van der Waals surface area contributed by atoms with Gasteiger partial charge in [-0.1, -0.05) is 19.3 Å². The smallest absolute Gasteiger partial charge is 0.236 e. The first-order valence-electron chi connectivity index (χ1n) is 5.76. The van der Waals surface area contributed by atoms with Crippen LogP contribution < -0.4 is 11.1 Å². The lowest BCUT2D eigenvalue weighted by molar-refractivity contribution is -0.122. The zero-order valence-corrected chi connectivity index (χ0v) is 10.3. The number of thioether (sulfide) groups is 1. The molecule has 3 nitrogen and oxygen atoms in total. The van der Waals surface area contributed by atoms with Crippen LogP contribution >= 0.6 is 11.8 Å². The molecule has 1 amide bonds. The normalized spacial score (nSPS) is 18.3. The molecule has 1 saturated carbocycles. The quantitative estimate of drug-likeness (QED) is 0.694. The van der Waals surface area contributed by atoms with Crippen molar-refractivity contribution in [1.29, 1.82) is 0 Å². The second-order valence-corrected chi connectivity index (χ2v) is 5.25. The van der Waals surface area contributed by atoms with Gasteiger partial charge in [0, 0.05) is 6.54 Å². The third kappa shape index (κ3) is 4.89. The lowest BCUT2D eigenvalue weighted by atomic mass is 9.83. The molecule has 0 bridgehead atoms. The Bertz CT molecular complexity index is 195. The molecule has 0 unspecified atom stereocenters. The average Bonchev–Trinajstić information content (AvgIpc) is 2.17. The maximum atomic E-state index is 11.5. The summed E-state index contributed by atoms with van der Waals surface area (Å²) in [5.74, 6) is 1.83. The number of carbonyl (C=O) groups is 1. The monoisotopic (exact) mass is 230 g/mol. The van der Waals surface area contributed by atoms with Gasteiger partial charge in [-0.3, -0.25) is 4.79 Å². The van der Waals surface area contributed by atoms with Gasteiger partial charge in [-0.05, 0) is 30.8 Å². The van der Waals surface area contributed by atoms with Gasteiger partial charge in [-0.25, -0.2) is 0 Å². The van der Waals surface area contributed by atoms with Gasteiger partial charge in [0.25, 0.3) is 0 Å². The molecule has 0 aromatic rings. The second-order valence-electron chi connectivity index (χ2n) is 4.26. The summed E-state index contributed by atoms with van der Waals surface area (Å²) in [4.78, 5) is 11.5. The third-order valence-corrected chi connectivity index (χ3v) is 3.69. The highest BCUT2D eigenvalue weighted by Gasteiger charge is 2.18. The van der Waals surface area contributed by atoms with Crippen molar-refractivity contribution in [2.75, 3.05) is 18.6 Å². The van der Waals surface area contributed by atoms with E-state index >= 15 is 0 Å². The third-order valence-electron chi connectivity index (χ3n) is 3.05. The van der Waals surface area contributed by atoms with Crippen molar-refractivity contribution < 1.29 is 4.79 Å². The second kappa shape index (κ2) is 7.12. The van der Waals surface area contributed by atoms with Crippen molar-refractivity contribution in [2.24, 2.45) is 11.7 Å². The Morgan fingerprint density at radius 1 is 1.60 bits per heavy atom. The van der Waals surface area contributed by atoms with Crippen LogP contribution in [0.2, 0.25) is 0 Å². The molecule has 0 aromatic heterocycles. The highest BCUT2D eigenvalue weighted by molar-refractivity contribution is 7.98. The maximum Gasteiger partial charge on any atom is 0.236 e. The zero-order valence-electron chi connectivity index (χ0n) is 9.50. The summed E-state index contributed by atoms with van der Waals surface area (Å²) in [5.41, 5.74) is 5.74. The SMILES string of the molecule is CSCC[C@H](N)C(=O)NCCC1CCC1. The topological polar surface area (TPSA) is 55.1 Å². The molecule has 88 valence electrons. The Morgan fingerprint density at radius 3 is 2.87 bits per heavy atom. The van der Waals surface area contributed by atoms with E-state index in [0.717, 1.165) is 31.1 Å². The first kappa shape index (κ1) is 12.8. The minimum absolute atomic E-state index is 0.0170. The minimum Gasteiger partial charge on any atom is -0.355 e. The Morgan fingerprint density at radius 2 is 2.33 bits per heavy atom. The Hall–Kier alpha value is -0.220. The van der Waals surface area contributed by atoms with Crippen molar-refractivity contribution in [3.05, 3.63) is 0 Å². The maximum absolute atomic E-state index is 11.5. The predicted molar refractivity (Wildman–Crippen MR) is 65.9 cm³/mol. The molecule has 0 heterocycles. The summed E-state index contributed by atoms with van der Waals surface area (Å²) in [5, 5.41) is 2.92. The van der Waals surface area contributed by atoms with Gasteiger partial charge < -0.3 is 11.1 Å². The largest absolute Gasteiger partial charge is 0.355 e. The van der Waals surface area contributed by atoms with Crippen molar-refractivity contribution in [1.82, 2.24) is 5.32 Å². The molecule has 1 fully saturated rings. The molecule has 0 aromatic carbocycles. The summed E-state index contributed by atoms with van der Waals surface area (Å²) in [6, 6.07) is -0.321. The summed E-state index contributed by atoms with van der Waals surface area (Å²) >= 11 is 1.73. The lowest BCUT2D eigenvalue weighted by Gasteiger charge is -2.25. The molecule has 1 atom stereocenters. The summed E-state index contributed by atoms with van der Waals surface area (Å²) in [7, 11) is 0. The number of hydrogen-bond acceptors (Lipinski definition) is 3. The lowest BCUT2D eigenvalue weighted by Crippen LogP contribution is -2.41. The highest BCUT2D eigenvalue weighted by atomic mass is 32.2. The standard InChI is InChI=1S/C11H22N2OS/c1-15-8-6-10(12)11(14)13-7-5-9-3-2-4-9/h9-10H,2-8,12H2,1H3,(H,13,14)/t10-/m0/s1. The van der Waals surface area contributed by atoms with Crippen molar-refractivity contribution in [3.63, 3.8) is 0 Å². The fourth-order valence-corrected chi connectivity index (χ4v) is 2.18. The number of nitrogens with two attached hydrogens (primary N) is 1. The van der Waals surface area contributed by atoms with Crippen molar-refractivity contribution in [3.8, 4) is 0 Å². The van der Waals surface area contributed by atoms with Crippen LogP contribution in [0.15, 0.2) is 0 Å². The van der Waals surface area contributed by atoms with Crippen LogP contribution in [0.1, 0.15) is 32.1 Å². The molecule has 3 N–H and O–H groups in total. The van der Waals surface area contributed by atoms with Gasteiger partial charge in [0.2, 0.25) is 5.91 Å². The number of rotatable bonds is 7. The van der Waals surface area contributed by atoms with Crippen molar-refractivity contribution >= 4 is 17.7 Å². The number of hydrogen-bond donors (Lipinski definition) is 2. The van der Waals surface area contributed by atoms with E-state index in [1.165, 1.54) is 19.3 Å². The van der Waals surface area contributed by atoms with E-state index in [1.54, 1.807) is 11.8 Å². The highest BCUT2D eigenvalue weighted by Crippen LogP contribution is 2.28. The van der Waals surface area contributed by atoms with E-state index in [2.05, 4.69) is 5.32 Å². The molecule has 0 radical (unpaired) electrons. The molecule has 0 spiro atoms. The van der Waals surface area contributed by atoms with E-state index < -0.39 is 0 Å². The average molecular weight is 230 g/mol. The number of carbonyl (C=O) groups excluding carboxylic acids is 1. The zero-order chi connectivity index (χ0) is 11.1. The molecule has 0 saturated heterocycles. The van der Waals surface area contributed by atoms with E-state index in [0.29, 0.717) is 0 Å². The van der Waals surface area contributed by atoms with E-state index in [9.17, 15) is 4.79 Å². The summed E-state index contributed by atoms with van der Waals surface area (Å²) in [6.45, 7) is 0.802. The molecule has 4 heteroatoms. The van der Waals surface area contributed by atoms with Gasteiger partial charge in [0.15, 0.2) is 0 Å². The van der Waals surface area contributed by atoms with Crippen LogP contribution in [0.3, 0.4) is 0 Å². The predicted octanol–water partition coefficient (Wildman–Crippen LogP) is 1.37. The van der Waals surface area contributed by atoms with E-state index in [4.69, 9.17) is 5.73 Å². The minimum atomic E-state index is -0.321. The Balaban J connectivity index is 2.00. The molecular formula is C11H22N2OS. The fourth-order valence-electron chi connectivity index (χ4n) is 1.69. The number of amides is 1. The van der Waals surface area contributed by atoms with Crippen LogP contribution in [0.4, 0.5) is 0 Å². The van der Waals surface area contributed by atoms with Crippen LogP contribution in [0.5, 0.6) is 0 Å². The summed E-state index contributed by atoms with van der Waals surface area (Å²) < 4.78 is 0. The van der Waals surface area contributed by atoms with E-state index in [-0.39, 0.29) is 11.9 Å². The molecule has 1 aliphatic carbocycles. The Kier molecular flexibility index (Phi) is 6.10. The van der Waals surface area contributed by atoms with Crippen LogP contribution in [-0.2, 0) is 4.79 Å². The van der Waals surface area contributed by atoms with Gasteiger partial charge in [0.05, 0.1) is 6.04 Å². The summed E-state index contributed by atoms with van der Waals surface area (Å²) in [6.07, 6.45) is 7.98. The molecular weight excluding hydrogens is 208 g/mol. The molecule has 0 aliphatic heterocycles. The number of nitrogens with one attached hydrogen (secondary N) is 1. The van der Waals surface area contributed by atoms with Crippen LogP contribution in [0.25, 0.3) is 0 Å². The van der Waals surface area contributed by atoms with Gasteiger partial charge in [-0.15, -0.1) is 0 Å². The Labute approximate surface area is 96.6 Å². The van der Waals surface area contributed by atoms with E-state index in [1.807, 2.05) is 6.26 Å². The van der Waals surface area contributed by atoms with Crippen LogP contribution in [-0.4, -0.2) is 30.5 Å². The fraction of sp³-hybridized carbons (Fsp3) is 0.909. The first-order chi connectivity index (χ1) is 7.24. The van der Waals surface area contributed by atoms with Gasteiger partial charge >= 0.3 is 0 Å². The van der Waals surface area contributed by atoms with Gasteiger partial charge in [0.1, 0.15) is 0 Å².